The van der Waals surface area contributed by atoms with Crippen LogP contribution in [0.3, 0.4) is 0 Å². The van der Waals surface area contributed by atoms with Crippen LogP contribution in [0.4, 0.5) is 5.69 Å². The molecule has 0 unspecified atom stereocenters. The highest BCUT2D eigenvalue weighted by Gasteiger charge is 2.15. The van der Waals surface area contributed by atoms with E-state index in [1.165, 1.54) is 18.2 Å². The zero-order chi connectivity index (χ0) is 23.8. The van der Waals surface area contributed by atoms with Crippen LogP contribution in [0.25, 0.3) is 0 Å². The number of nitrogens with zero attached hydrogens (tertiary/aromatic N) is 1. The molecule has 0 saturated carbocycles. The van der Waals surface area contributed by atoms with Crippen molar-refractivity contribution in [3.63, 3.8) is 0 Å². The lowest BCUT2D eigenvalue weighted by Crippen LogP contribution is -2.43. The SMILES string of the molecule is Cc1cc(OCc2ccc(C(=O)NNC(=O)COc3ccccc3[N+](=O)[O-])cc2)ccc1Cl. The van der Waals surface area contributed by atoms with Crippen LogP contribution in [-0.4, -0.2) is 23.3 Å². The number of carbonyl (C=O) groups is 2. The summed E-state index contributed by atoms with van der Waals surface area (Å²) in [5.41, 5.74) is 6.29. The van der Waals surface area contributed by atoms with Crippen LogP contribution >= 0.6 is 11.6 Å². The van der Waals surface area contributed by atoms with Crippen LogP contribution < -0.4 is 20.3 Å². The Labute approximate surface area is 194 Å². The van der Waals surface area contributed by atoms with Gasteiger partial charge in [-0.15, -0.1) is 0 Å². The van der Waals surface area contributed by atoms with Crippen molar-refractivity contribution in [3.05, 3.63) is 98.6 Å². The molecule has 3 aromatic rings. The van der Waals surface area contributed by atoms with Gasteiger partial charge in [-0.3, -0.25) is 30.6 Å². The topological polar surface area (TPSA) is 120 Å². The average Bonchev–Trinajstić information content (AvgIpc) is 2.82. The van der Waals surface area contributed by atoms with Crippen molar-refractivity contribution in [2.45, 2.75) is 13.5 Å². The second-order valence-electron chi connectivity index (χ2n) is 6.91. The number of aryl methyl sites for hydroxylation is 1. The summed E-state index contributed by atoms with van der Waals surface area (Å²) >= 11 is 6.00. The molecule has 2 amide bonds. The lowest BCUT2D eigenvalue weighted by atomic mass is 10.1. The number of rotatable bonds is 8. The van der Waals surface area contributed by atoms with Gasteiger partial charge in [0.25, 0.3) is 11.8 Å². The third kappa shape index (κ3) is 6.68. The van der Waals surface area contributed by atoms with Crippen LogP contribution in [0.15, 0.2) is 66.7 Å². The van der Waals surface area contributed by atoms with E-state index in [1.54, 1.807) is 42.5 Å². The van der Waals surface area contributed by atoms with Crippen LogP contribution in [0.2, 0.25) is 5.02 Å². The summed E-state index contributed by atoms with van der Waals surface area (Å²) in [6.45, 7) is 1.69. The van der Waals surface area contributed by atoms with Gasteiger partial charge >= 0.3 is 5.69 Å². The molecule has 33 heavy (non-hydrogen) atoms. The number of para-hydroxylation sites is 2. The van der Waals surface area contributed by atoms with Gasteiger partial charge in [-0.25, -0.2) is 0 Å². The predicted molar refractivity (Wildman–Crippen MR) is 121 cm³/mol. The fraction of sp³-hybridized carbons (Fsp3) is 0.130. The largest absolute Gasteiger partial charge is 0.489 e. The monoisotopic (exact) mass is 469 g/mol. The Morgan fingerprint density at radius 3 is 2.42 bits per heavy atom. The smallest absolute Gasteiger partial charge is 0.310 e. The minimum atomic E-state index is -0.676. The van der Waals surface area contributed by atoms with Gasteiger partial charge in [0.05, 0.1) is 4.92 Å². The molecular weight excluding hydrogens is 450 g/mol. The quantitative estimate of drug-likeness (QED) is 0.380. The van der Waals surface area contributed by atoms with Gasteiger partial charge in [-0.1, -0.05) is 35.9 Å². The molecule has 3 rings (SSSR count). The molecule has 0 spiro atoms. The fourth-order valence-electron chi connectivity index (χ4n) is 2.73. The standard InChI is InChI=1S/C23H20ClN3O6/c1-15-12-18(10-11-19(15)24)32-13-16-6-8-17(9-7-16)23(29)26-25-22(28)14-33-21-5-3-2-4-20(21)27(30)31/h2-12H,13-14H2,1H3,(H,25,28)(H,26,29). The van der Waals surface area contributed by atoms with Gasteiger partial charge in [0.1, 0.15) is 12.4 Å². The molecule has 0 aromatic heterocycles. The summed E-state index contributed by atoms with van der Waals surface area (Å²) in [5.74, 6) is -0.570. The first-order valence-electron chi connectivity index (χ1n) is 9.77. The van der Waals surface area contributed by atoms with Crippen molar-refractivity contribution in [3.8, 4) is 11.5 Å². The molecular formula is C23H20ClN3O6. The first-order chi connectivity index (χ1) is 15.8. The van der Waals surface area contributed by atoms with E-state index in [4.69, 9.17) is 21.1 Å². The maximum absolute atomic E-state index is 12.2. The van der Waals surface area contributed by atoms with Crippen LogP contribution in [0.1, 0.15) is 21.5 Å². The number of nitro groups is 1. The Kier molecular flexibility index (Phi) is 7.82. The van der Waals surface area contributed by atoms with Crippen LogP contribution in [0.5, 0.6) is 11.5 Å². The van der Waals surface area contributed by atoms with Gasteiger partial charge in [0.15, 0.2) is 12.4 Å². The van der Waals surface area contributed by atoms with E-state index in [9.17, 15) is 19.7 Å². The summed E-state index contributed by atoms with van der Waals surface area (Å²) in [5, 5.41) is 11.6. The molecule has 0 aliphatic rings. The second-order valence-corrected chi connectivity index (χ2v) is 7.32. The van der Waals surface area contributed by atoms with E-state index in [0.717, 1.165) is 11.1 Å². The molecule has 170 valence electrons. The first kappa shape index (κ1) is 23.6. The molecule has 9 nitrogen and oxygen atoms in total. The number of carbonyl (C=O) groups excluding carboxylic acids is 2. The summed E-state index contributed by atoms with van der Waals surface area (Å²) < 4.78 is 10.9. The van der Waals surface area contributed by atoms with Crippen LogP contribution in [-0.2, 0) is 11.4 Å². The van der Waals surface area contributed by atoms with Crippen molar-refractivity contribution in [2.75, 3.05) is 6.61 Å². The Bertz CT molecular complexity index is 1170. The normalized spacial score (nSPS) is 10.2. The predicted octanol–water partition coefficient (Wildman–Crippen LogP) is 3.98. The van der Waals surface area contributed by atoms with Gasteiger partial charge in [-0.2, -0.15) is 0 Å². The minimum absolute atomic E-state index is 0.0458. The number of hydrogen-bond donors (Lipinski definition) is 2. The molecule has 0 heterocycles. The number of nitrogens with one attached hydrogen (secondary N) is 2. The Balaban J connectivity index is 1.46. The van der Waals surface area contributed by atoms with Crippen LogP contribution in [0, 0.1) is 17.0 Å². The number of ether oxygens (including phenoxy) is 2. The summed E-state index contributed by atoms with van der Waals surface area (Å²) in [6.07, 6.45) is 0. The van der Waals surface area contributed by atoms with Crippen molar-refractivity contribution in [1.82, 2.24) is 10.9 Å². The second kappa shape index (κ2) is 11.0. The first-order valence-corrected chi connectivity index (χ1v) is 10.1. The molecule has 0 aliphatic carbocycles. The number of nitro benzene ring substituents is 1. The number of hydrogen-bond acceptors (Lipinski definition) is 6. The summed E-state index contributed by atoms with van der Waals surface area (Å²) in [6, 6.07) is 17.7. The van der Waals surface area contributed by atoms with Gasteiger partial charge < -0.3 is 9.47 Å². The molecule has 0 atom stereocenters. The molecule has 0 aliphatic heterocycles. The van der Waals surface area contributed by atoms with Crippen molar-refractivity contribution in [2.24, 2.45) is 0 Å². The summed E-state index contributed by atoms with van der Waals surface area (Å²) in [7, 11) is 0. The highest BCUT2D eigenvalue weighted by atomic mass is 35.5. The molecule has 0 fully saturated rings. The van der Waals surface area contributed by atoms with E-state index in [-0.39, 0.29) is 11.4 Å². The lowest BCUT2D eigenvalue weighted by Gasteiger charge is -2.10. The molecule has 0 radical (unpaired) electrons. The Hall–Kier alpha value is -4.11. The maximum Gasteiger partial charge on any atom is 0.310 e. The number of amides is 2. The van der Waals surface area contributed by atoms with Crippen molar-refractivity contribution < 1.29 is 24.0 Å². The zero-order valence-corrected chi connectivity index (χ0v) is 18.3. The van der Waals surface area contributed by atoms with Crippen molar-refractivity contribution >= 4 is 29.1 Å². The fourth-order valence-corrected chi connectivity index (χ4v) is 2.85. The molecule has 0 saturated heterocycles. The number of hydrazine groups is 1. The van der Waals surface area contributed by atoms with Crippen molar-refractivity contribution in [1.29, 1.82) is 0 Å². The zero-order valence-electron chi connectivity index (χ0n) is 17.5. The Morgan fingerprint density at radius 1 is 1.00 bits per heavy atom. The van der Waals surface area contributed by atoms with E-state index in [2.05, 4.69) is 10.9 Å². The molecule has 3 aromatic carbocycles. The number of benzene rings is 3. The van der Waals surface area contributed by atoms with E-state index >= 15 is 0 Å². The third-order valence-corrected chi connectivity index (χ3v) is 4.91. The maximum atomic E-state index is 12.2. The highest BCUT2D eigenvalue weighted by molar-refractivity contribution is 6.31. The summed E-state index contributed by atoms with van der Waals surface area (Å²) in [4.78, 5) is 34.5. The Morgan fingerprint density at radius 2 is 1.73 bits per heavy atom. The minimum Gasteiger partial charge on any atom is -0.489 e. The van der Waals surface area contributed by atoms with E-state index in [1.807, 2.05) is 13.0 Å². The molecule has 2 N–H and O–H groups in total. The number of halogens is 1. The lowest BCUT2D eigenvalue weighted by molar-refractivity contribution is -0.385. The average molecular weight is 470 g/mol. The molecule has 0 bridgehead atoms. The van der Waals surface area contributed by atoms with E-state index in [0.29, 0.717) is 22.9 Å². The van der Waals surface area contributed by atoms with Gasteiger partial charge in [0.2, 0.25) is 0 Å². The highest BCUT2D eigenvalue weighted by Crippen LogP contribution is 2.25. The van der Waals surface area contributed by atoms with Gasteiger partial charge in [-0.05, 0) is 54.4 Å². The van der Waals surface area contributed by atoms with Gasteiger partial charge in [0, 0.05) is 16.7 Å². The molecule has 10 heteroatoms. The van der Waals surface area contributed by atoms with E-state index < -0.39 is 23.3 Å². The third-order valence-electron chi connectivity index (χ3n) is 4.49.